The molecule has 1 fully saturated rings. The van der Waals surface area contributed by atoms with E-state index in [1.54, 1.807) is 29.2 Å². The minimum absolute atomic E-state index is 0.0366. The second-order valence-electron chi connectivity index (χ2n) is 8.45. The molecule has 1 N–H and O–H groups in total. The van der Waals surface area contributed by atoms with Crippen LogP contribution in [-0.2, 0) is 19.1 Å². The highest BCUT2D eigenvalue weighted by atomic mass is 16.5. The molecule has 2 aliphatic heterocycles. The van der Waals surface area contributed by atoms with Crippen molar-refractivity contribution in [2.75, 3.05) is 29.9 Å². The van der Waals surface area contributed by atoms with E-state index in [0.29, 0.717) is 42.9 Å². The molecule has 8 nitrogen and oxygen atoms in total. The summed E-state index contributed by atoms with van der Waals surface area (Å²) >= 11 is 0. The second-order valence-corrected chi connectivity index (χ2v) is 8.45. The number of rotatable bonds is 4. The number of hydrogen-bond donors (Lipinski definition) is 1. The Kier molecular flexibility index (Phi) is 6.44. The Morgan fingerprint density at radius 2 is 1.70 bits per heavy atom. The van der Waals surface area contributed by atoms with Crippen LogP contribution in [0.25, 0.3) is 0 Å². The van der Waals surface area contributed by atoms with Crippen molar-refractivity contribution in [1.82, 2.24) is 4.90 Å². The number of hydrogen-bond acceptors (Lipinski definition) is 5. The average Bonchev–Trinajstić information content (AvgIpc) is 2.83. The molecule has 1 saturated heterocycles. The molecule has 1 unspecified atom stereocenters. The van der Waals surface area contributed by atoms with Gasteiger partial charge in [0.25, 0.3) is 11.8 Å². The van der Waals surface area contributed by atoms with Crippen molar-refractivity contribution >= 4 is 35.1 Å². The summed E-state index contributed by atoms with van der Waals surface area (Å²) in [5, 5.41) is 2.73. The summed E-state index contributed by atoms with van der Waals surface area (Å²) in [5.74, 6) is -1.61. The molecule has 0 spiro atoms. The van der Waals surface area contributed by atoms with E-state index in [9.17, 15) is 19.2 Å². The molecule has 0 aromatic heterocycles. The zero-order valence-electron chi connectivity index (χ0n) is 18.7. The lowest BCUT2D eigenvalue weighted by Gasteiger charge is -2.33. The molecule has 0 saturated carbocycles. The summed E-state index contributed by atoms with van der Waals surface area (Å²) in [4.78, 5) is 53.6. The van der Waals surface area contributed by atoms with Crippen LogP contribution in [0, 0.1) is 12.8 Å². The van der Waals surface area contributed by atoms with Gasteiger partial charge >= 0.3 is 5.97 Å². The van der Waals surface area contributed by atoms with Gasteiger partial charge in [0.15, 0.2) is 6.10 Å². The normalized spacial score (nSPS) is 17.1. The molecule has 4 rings (SSSR count). The predicted molar refractivity (Wildman–Crippen MR) is 123 cm³/mol. The molecule has 2 aliphatic rings. The van der Waals surface area contributed by atoms with E-state index in [1.165, 1.54) is 11.8 Å². The van der Waals surface area contributed by atoms with Gasteiger partial charge in [-0.3, -0.25) is 24.1 Å². The monoisotopic (exact) mass is 449 g/mol. The first-order valence-electron chi connectivity index (χ1n) is 11.1. The van der Waals surface area contributed by atoms with E-state index in [-0.39, 0.29) is 24.3 Å². The van der Waals surface area contributed by atoms with Crippen molar-refractivity contribution in [3.05, 3.63) is 59.7 Å². The molecule has 0 bridgehead atoms. The van der Waals surface area contributed by atoms with Crippen LogP contribution >= 0.6 is 0 Å². The van der Waals surface area contributed by atoms with E-state index in [1.807, 2.05) is 31.2 Å². The SMILES string of the molecule is Cc1ccccc1C(=O)N1CCC(C(=O)OC(C)C(=O)N2CC(=O)Nc3ccccc32)CC1. The Labute approximate surface area is 192 Å². The number of nitrogens with one attached hydrogen (secondary N) is 1. The van der Waals surface area contributed by atoms with Gasteiger partial charge in [-0.15, -0.1) is 0 Å². The van der Waals surface area contributed by atoms with Crippen molar-refractivity contribution < 1.29 is 23.9 Å². The minimum Gasteiger partial charge on any atom is -0.452 e. The lowest BCUT2D eigenvalue weighted by atomic mass is 9.96. The Balaban J connectivity index is 1.34. The van der Waals surface area contributed by atoms with E-state index in [0.717, 1.165) is 5.56 Å². The average molecular weight is 450 g/mol. The number of ether oxygens (including phenoxy) is 1. The van der Waals surface area contributed by atoms with Gasteiger partial charge in [-0.05, 0) is 50.5 Å². The number of benzene rings is 2. The third-order valence-corrected chi connectivity index (χ3v) is 6.17. The van der Waals surface area contributed by atoms with E-state index in [4.69, 9.17) is 4.74 Å². The van der Waals surface area contributed by atoms with Crippen LogP contribution in [0.5, 0.6) is 0 Å². The number of amides is 3. The molecule has 2 aromatic rings. The highest BCUT2D eigenvalue weighted by Crippen LogP contribution is 2.30. The molecule has 1 atom stereocenters. The van der Waals surface area contributed by atoms with Crippen LogP contribution < -0.4 is 10.2 Å². The predicted octanol–water partition coefficient (Wildman–Crippen LogP) is 2.76. The quantitative estimate of drug-likeness (QED) is 0.724. The second kappa shape index (κ2) is 9.44. The standard InChI is InChI=1S/C25H27N3O5/c1-16-7-3-4-8-19(16)24(31)27-13-11-18(12-14-27)25(32)33-17(2)23(30)28-15-22(29)26-20-9-5-6-10-21(20)28/h3-10,17-18H,11-15H2,1-2H3,(H,26,29). The molecular formula is C25H27N3O5. The number of anilines is 2. The zero-order chi connectivity index (χ0) is 23.5. The Bertz CT molecular complexity index is 1090. The third-order valence-electron chi connectivity index (χ3n) is 6.17. The van der Waals surface area contributed by atoms with Crippen LogP contribution in [0.3, 0.4) is 0 Å². The molecule has 33 heavy (non-hydrogen) atoms. The summed E-state index contributed by atoms with van der Waals surface area (Å²) in [7, 11) is 0. The van der Waals surface area contributed by atoms with E-state index in [2.05, 4.69) is 5.32 Å². The molecule has 2 heterocycles. The zero-order valence-corrected chi connectivity index (χ0v) is 18.7. The van der Waals surface area contributed by atoms with Crippen molar-refractivity contribution in [3.8, 4) is 0 Å². The maximum Gasteiger partial charge on any atom is 0.309 e. The number of fused-ring (bicyclic) bond motifs is 1. The number of carbonyl (C=O) groups is 4. The first-order chi connectivity index (χ1) is 15.8. The van der Waals surface area contributed by atoms with Gasteiger partial charge in [0, 0.05) is 18.7 Å². The first kappa shape index (κ1) is 22.5. The van der Waals surface area contributed by atoms with Gasteiger partial charge in [-0.1, -0.05) is 30.3 Å². The number of likely N-dealkylation sites (tertiary alicyclic amines) is 1. The van der Waals surface area contributed by atoms with Gasteiger partial charge in [-0.25, -0.2) is 0 Å². The molecule has 3 amide bonds. The highest BCUT2D eigenvalue weighted by molar-refractivity contribution is 6.11. The lowest BCUT2D eigenvalue weighted by molar-refractivity contribution is -0.159. The first-order valence-corrected chi connectivity index (χ1v) is 11.1. The van der Waals surface area contributed by atoms with Gasteiger partial charge in [0.2, 0.25) is 5.91 Å². The van der Waals surface area contributed by atoms with Crippen molar-refractivity contribution in [1.29, 1.82) is 0 Å². The molecular weight excluding hydrogens is 422 g/mol. The van der Waals surface area contributed by atoms with E-state index >= 15 is 0 Å². The van der Waals surface area contributed by atoms with E-state index < -0.39 is 18.0 Å². The van der Waals surface area contributed by atoms with Gasteiger partial charge in [-0.2, -0.15) is 0 Å². The summed E-state index contributed by atoms with van der Waals surface area (Å²) in [6.07, 6.45) is -0.0679. The Hall–Kier alpha value is -3.68. The summed E-state index contributed by atoms with van der Waals surface area (Å²) in [5.41, 5.74) is 2.72. The number of esters is 1. The fraction of sp³-hybridized carbons (Fsp3) is 0.360. The fourth-order valence-corrected chi connectivity index (χ4v) is 4.27. The molecule has 0 aliphatic carbocycles. The van der Waals surface area contributed by atoms with Crippen LogP contribution in [0.15, 0.2) is 48.5 Å². The van der Waals surface area contributed by atoms with Gasteiger partial charge in [0.1, 0.15) is 6.54 Å². The van der Waals surface area contributed by atoms with Gasteiger partial charge < -0.3 is 15.0 Å². The van der Waals surface area contributed by atoms with Crippen LogP contribution in [0.1, 0.15) is 35.7 Å². The van der Waals surface area contributed by atoms with Crippen molar-refractivity contribution in [2.24, 2.45) is 5.92 Å². The largest absolute Gasteiger partial charge is 0.452 e. The topological polar surface area (TPSA) is 96.0 Å². The maximum atomic E-state index is 13.0. The van der Waals surface area contributed by atoms with Crippen LogP contribution in [0.4, 0.5) is 11.4 Å². The molecule has 0 radical (unpaired) electrons. The van der Waals surface area contributed by atoms with Crippen LogP contribution in [-0.4, -0.2) is 54.3 Å². The Morgan fingerprint density at radius 3 is 2.42 bits per heavy atom. The Morgan fingerprint density at radius 1 is 1.03 bits per heavy atom. The lowest BCUT2D eigenvalue weighted by Crippen LogP contribution is -2.47. The maximum absolute atomic E-state index is 13.0. The molecule has 172 valence electrons. The van der Waals surface area contributed by atoms with Crippen LogP contribution in [0.2, 0.25) is 0 Å². The smallest absolute Gasteiger partial charge is 0.309 e. The third kappa shape index (κ3) is 4.74. The number of piperidine rings is 1. The summed E-state index contributed by atoms with van der Waals surface area (Å²) in [6, 6.07) is 14.5. The number of carbonyl (C=O) groups excluding carboxylic acids is 4. The summed E-state index contributed by atoms with van der Waals surface area (Å²) in [6.45, 7) is 4.20. The number of nitrogens with zero attached hydrogens (tertiary/aromatic N) is 2. The highest BCUT2D eigenvalue weighted by Gasteiger charge is 2.34. The number of aryl methyl sites for hydroxylation is 1. The van der Waals surface area contributed by atoms with Crippen molar-refractivity contribution in [3.63, 3.8) is 0 Å². The molecule has 8 heteroatoms. The number of para-hydroxylation sites is 2. The van der Waals surface area contributed by atoms with Crippen molar-refractivity contribution in [2.45, 2.75) is 32.8 Å². The summed E-state index contributed by atoms with van der Waals surface area (Å²) < 4.78 is 5.49. The molecule has 2 aromatic carbocycles. The fourth-order valence-electron chi connectivity index (χ4n) is 4.27. The van der Waals surface area contributed by atoms with Gasteiger partial charge in [0.05, 0.1) is 17.3 Å². The minimum atomic E-state index is -1.02.